The van der Waals surface area contributed by atoms with Crippen LogP contribution in [0.1, 0.15) is 12.0 Å². The van der Waals surface area contributed by atoms with E-state index in [4.69, 9.17) is 9.47 Å². The van der Waals surface area contributed by atoms with Gasteiger partial charge in [-0.1, -0.05) is 18.7 Å². The molecule has 0 unspecified atom stereocenters. The summed E-state index contributed by atoms with van der Waals surface area (Å²) in [6, 6.07) is 2.90. The van der Waals surface area contributed by atoms with E-state index in [9.17, 15) is 37.8 Å². The molecule has 0 radical (unpaired) electrons. The Morgan fingerprint density at radius 1 is 1.23 bits per heavy atom. The molecule has 1 aromatic carbocycles. The number of aliphatic carboxylic acids is 2. The van der Waals surface area contributed by atoms with Gasteiger partial charge < -0.3 is 25.0 Å². The Bertz CT molecular complexity index is 910. The number of alkyl carbamates (subject to hydrolysis) is 1. The van der Waals surface area contributed by atoms with Crippen molar-refractivity contribution in [3.63, 3.8) is 0 Å². The number of carboxylic acids is 2. The van der Waals surface area contributed by atoms with Crippen LogP contribution in [-0.2, 0) is 25.7 Å². The normalized spacial score (nSPS) is 31.5. The minimum Gasteiger partial charge on any atom is -0.479 e. The molecule has 0 bridgehead atoms. The zero-order chi connectivity index (χ0) is 22.3. The molecular weight excluding hydrogens is 411 g/mol. The number of carbonyl (C=O) groups excluding carboxylic acids is 1. The minimum absolute atomic E-state index is 0.160. The van der Waals surface area contributed by atoms with Crippen molar-refractivity contribution >= 4 is 18.0 Å². The highest BCUT2D eigenvalue weighted by atomic mass is 19.2. The quantitative estimate of drug-likeness (QED) is 0.541. The highest BCUT2D eigenvalue weighted by molar-refractivity contribution is 5.93. The summed E-state index contributed by atoms with van der Waals surface area (Å²) >= 11 is 0. The summed E-state index contributed by atoms with van der Waals surface area (Å²) in [5.41, 5.74) is -5.13. The van der Waals surface area contributed by atoms with Crippen molar-refractivity contribution < 1.29 is 47.2 Å². The predicted molar refractivity (Wildman–Crippen MR) is 93.1 cm³/mol. The monoisotopic (exact) mass is 429 g/mol. The van der Waals surface area contributed by atoms with Gasteiger partial charge in [0, 0.05) is 11.8 Å². The lowest BCUT2D eigenvalue weighted by Gasteiger charge is -2.35. The number of benzene rings is 1. The first-order chi connectivity index (χ1) is 14.1. The van der Waals surface area contributed by atoms with Crippen LogP contribution in [0.5, 0.6) is 0 Å². The van der Waals surface area contributed by atoms with Crippen LogP contribution in [0.2, 0.25) is 0 Å². The molecule has 2 fully saturated rings. The molecule has 8 nitrogen and oxygen atoms in total. The number of nitrogens with one attached hydrogen (secondary N) is 1. The number of carbonyl (C=O) groups is 3. The Labute approximate surface area is 168 Å². The summed E-state index contributed by atoms with van der Waals surface area (Å²) in [6.45, 7) is 2.69. The zero-order valence-corrected chi connectivity index (χ0v) is 15.4. The van der Waals surface area contributed by atoms with E-state index in [1.807, 2.05) is 0 Å². The van der Waals surface area contributed by atoms with Crippen LogP contribution < -0.4 is 5.32 Å². The summed E-state index contributed by atoms with van der Waals surface area (Å²) in [5, 5.41) is 21.1. The molecule has 0 aliphatic heterocycles. The Hall–Kier alpha value is -3.08. The maximum absolute atomic E-state index is 14.9. The van der Waals surface area contributed by atoms with Crippen molar-refractivity contribution in [2.75, 3.05) is 6.61 Å². The molecule has 2 aliphatic rings. The predicted octanol–water partition coefficient (Wildman–Crippen LogP) is 2.03. The molecule has 162 valence electrons. The number of halogens is 3. The maximum Gasteiger partial charge on any atom is 0.408 e. The number of hydrogen-bond donors (Lipinski definition) is 3. The standard InChI is InChI=1S/C19H18F3NO7/c1-2-5-29-17(28)23-19(16(26)27)13(7-10-14(19)18(10,22)15(24)25)30-8-9-3-4-11(20)12(21)6-9/h2-4,6,10,13-14H,1,5,7-8H2,(H,23,28)(H,24,25)(H,26,27)/t10-,13-,14+,18-,19+/m1/s1. The van der Waals surface area contributed by atoms with Gasteiger partial charge >= 0.3 is 18.0 Å². The Kier molecular flexibility index (Phi) is 5.50. The molecule has 11 heteroatoms. The van der Waals surface area contributed by atoms with Gasteiger partial charge in [-0.25, -0.2) is 27.6 Å². The topological polar surface area (TPSA) is 122 Å². The average molecular weight is 429 g/mol. The van der Waals surface area contributed by atoms with Gasteiger partial charge in [0.05, 0.1) is 12.7 Å². The second-order valence-corrected chi connectivity index (χ2v) is 7.13. The second-order valence-electron chi connectivity index (χ2n) is 7.13. The van der Waals surface area contributed by atoms with Crippen LogP contribution in [0.4, 0.5) is 18.0 Å². The number of rotatable bonds is 8. The van der Waals surface area contributed by atoms with Crippen LogP contribution in [-0.4, -0.2) is 52.2 Å². The fourth-order valence-electron chi connectivity index (χ4n) is 4.14. The molecule has 2 saturated carbocycles. The van der Waals surface area contributed by atoms with Crippen LogP contribution in [0.3, 0.4) is 0 Å². The maximum atomic E-state index is 14.9. The van der Waals surface area contributed by atoms with Gasteiger partial charge in [-0.15, -0.1) is 0 Å². The Morgan fingerprint density at radius 3 is 2.50 bits per heavy atom. The molecule has 1 aromatic rings. The summed E-state index contributed by atoms with van der Waals surface area (Å²) in [6.07, 6.45) is -1.68. The molecule has 3 rings (SSSR count). The van der Waals surface area contributed by atoms with E-state index >= 15 is 0 Å². The van der Waals surface area contributed by atoms with Gasteiger partial charge in [0.15, 0.2) is 17.2 Å². The number of ether oxygens (including phenoxy) is 2. The molecule has 5 atom stereocenters. The van der Waals surface area contributed by atoms with Gasteiger partial charge in [0.2, 0.25) is 5.67 Å². The highest BCUT2D eigenvalue weighted by Crippen LogP contribution is 2.68. The van der Waals surface area contributed by atoms with E-state index in [1.165, 1.54) is 12.1 Å². The smallest absolute Gasteiger partial charge is 0.408 e. The van der Waals surface area contributed by atoms with Crippen LogP contribution >= 0.6 is 0 Å². The fourth-order valence-corrected chi connectivity index (χ4v) is 4.14. The van der Waals surface area contributed by atoms with E-state index in [2.05, 4.69) is 11.9 Å². The number of fused-ring (bicyclic) bond motifs is 1. The first-order valence-electron chi connectivity index (χ1n) is 8.86. The molecule has 2 aliphatic carbocycles. The lowest BCUT2D eigenvalue weighted by Crippen LogP contribution is -2.64. The van der Waals surface area contributed by atoms with E-state index in [0.29, 0.717) is 0 Å². The number of carboxylic acid groups (broad SMARTS) is 2. The fraction of sp³-hybridized carbons (Fsp3) is 0.421. The Balaban J connectivity index is 1.88. The minimum atomic E-state index is -2.86. The molecule has 0 saturated heterocycles. The van der Waals surface area contributed by atoms with Gasteiger partial charge in [0.1, 0.15) is 6.61 Å². The first kappa shape index (κ1) is 21.6. The molecule has 0 aromatic heterocycles. The van der Waals surface area contributed by atoms with Gasteiger partial charge in [-0.05, 0) is 24.1 Å². The lowest BCUT2D eigenvalue weighted by atomic mass is 9.86. The van der Waals surface area contributed by atoms with Crippen LogP contribution in [0.15, 0.2) is 30.9 Å². The molecule has 0 spiro atoms. The average Bonchev–Trinajstić information content (AvgIpc) is 3.13. The zero-order valence-electron chi connectivity index (χ0n) is 15.4. The third-order valence-electron chi connectivity index (χ3n) is 5.51. The summed E-state index contributed by atoms with van der Waals surface area (Å²) in [5.74, 6) is -8.61. The highest BCUT2D eigenvalue weighted by Gasteiger charge is 2.86. The third kappa shape index (κ3) is 3.28. The van der Waals surface area contributed by atoms with Gasteiger partial charge in [-0.2, -0.15) is 0 Å². The first-order valence-corrected chi connectivity index (χ1v) is 8.86. The molecular formula is C19H18F3NO7. The summed E-state index contributed by atoms with van der Waals surface area (Å²) in [4.78, 5) is 35.6. The second kappa shape index (κ2) is 7.63. The van der Waals surface area contributed by atoms with E-state index in [0.717, 1.165) is 12.1 Å². The summed E-state index contributed by atoms with van der Waals surface area (Å²) in [7, 11) is 0. The van der Waals surface area contributed by atoms with Gasteiger partial charge in [0.25, 0.3) is 0 Å². The molecule has 30 heavy (non-hydrogen) atoms. The molecule has 0 heterocycles. The van der Waals surface area contributed by atoms with Crippen molar-refractivity contribution in [1.29, 1.82) is 0 Å². The summed E-state index contributed by atoms with van der Waals surface area (Å²) < 4.78 is 51.6. The molecule has 1 amide bonds. The van der Waals surface area contributed by atoms with Crippen LogP contribution in [0.25, 0.3) is 0 Å². The third-order valence-corrected chi connectivity index (χ3v) is 5.51. The van der Waals surface area contributed by atoms with Crippen molar-refractivity contribution in [3.05, 3.63) is 48.1 Å². The van der Waals surface area contributed by atoms with Crippen molar-refractivity contribution in [3.8, 4) is 0 Å². The number of amides is 1. The van der Waals surface area contributed by atoms with E-state index < -0.39 is 58.8 Å². The molecule has 3 N–H and O–H groups in total. The van der Waals surface area contributed by atoms with Crippen LogP contribution in [0, 0.1) is 23.5 Å². The van der Waals surface area contributed by atoms with Crippen molar-refractivity contribution in [1.82, 2.24) is 5.32 Å². The van der Waals surface area contributed by atoms with Crippen molar-refractivity contribution in [2.45, 2.75) is 30.3 Å². The van der Waals surface area contributed by atoms with E-state index in [-0.39, 0.29) is 25.2 Å². The lowest BCUT2D eigenvalue weighted by molar-refractivity contribution is -0.158. The SMILES string of the molecule is C=CCOC(=O)N[C@@]1(C(=O)O)[C@H](OCc2ccc(F)c(F)c2)C[C@@H]2[C@H]1[C@@]2(F)C(=O)O. The van der Waals surface area contributed by atoms with Crippen molar-refractivity contribution in [2.24, 2.45) is 11.8 Å². The van der Waals surface area contributed by atoms with E-state index in [1.54, 1.807) is 0 Å². The largest absolute Gasteiger partial charge is 0.479 e. The number of hydrogen-bond acceptors (Lipinski definition) is 5. The Morgan fingerprint density at radius 2 is 1.93 bits per heavy atom. The van der Waals surface area contributed by atoms with Gasteiger partial charge in [-0.3, -0.25) is 0 Å². The number of alkyl halides is 1.